The van der Waals surface area contributed by atoms with Crippen LogP contribution in [0.25, 0.3) is 0 Å². The Hall–Kier alpha value is -2.82. The molecular weight excluding hydrogens is 280 g/mol. The van der Waals surface area contributed by atoms with Crippen molar-refractivity contribution in [2.24, 2.45) is 0 Å². The van der Waals surface area contributed by atoms with E-state index in [-0.39, 0.29) is 22.9 Å². The van der Waals surface area contributed by atoms with Crippen LogP contribution in [0.3, 0.4) is 0 Å². The topological polar surface area (TPSA) is 88.1 Å². The zero-order valence-corrected chi connectivity index (χ0v) is 12.4. The summed E-state index contributed by atoms with van der Waals surface area (Å²) in [5, 5.41) is 26.7. The Morgan fingerprint density at radius 3 is 2.36 bits per heavy atom. The number of benzene rings is 1. The van der Waals surface area contributed by atoms with E-state index in [1.807, 2.05) is 0 Å². The molecule has 0 aliphatic carbocycles. The summed E-state index contributed by atoms with van der Waals surface area (Å²) in [6.45, 7) is 2.66. The lowest BCUT2D eigenvalue weighted by Gasteiger charge is -2.27. The van der Waals surface area contributed by atoms with Gasteiger partial charge in [0.2, 0.25) is 0 Å². The molecule has 1 N–H and O–H groups in total. The largest absolute Gasteiger partial charge is 0.875 e. The van der Waals surface area contributed by atoms with E-state index in [1.165, 1.54) is 19.9 Å². The minimum atomic E-state index is -0.758. The van der Waals surface area contributed by atoms with Gasteiger partial charge in [-0.15, -0.1) is 5.76 Å². The summed E-state index contributed by atoms with van der Waals surface area (Å²) in [7, 11) is 0. The average Bonchev–Trinajstić information content (AvgIpc) is 2.49. The Labute approximate surface area is 129 Å². The van der Waals surface area contributed by atoms with Gasteiger partial charge < -0.3 is 15.5 Å². The van der Waals surface area contributed by atoms with Crippen molar-refractivity contribution in [3.8, 4) is 5.75 Å². The number of hydrogen-bond donors (Lipinski definition) is 1. The molecule has 5 nitrogen and oxygen atoms in total. The van der Waals surface area contributed by atoms with Gasteiger partial charge in [-0.25, -0.2) is 0 Å². The molecule has 0 bridgehead atoms. The summed E-state index contributed by atoms with van der Waals surface area (Å²) in [5.41, 5.74) is 0.895. The van der Waals surface area contributed by atoms with Crippen LogP contribution in [-0.2, 0) is 4.79 Å². The van der Waals surface area contributed by atoms with Crippen LogP contribution in [-0.4, -0.2) is 10.8 Å². The quantitative estimate of drug-likeness (QED) is 0.667. The van der Waals surface area contributed by atoms with Crippen molar-refractivity contribution in [1.29, 1.82) is 0 Å². The molecule has 2 rings (SSSR count). The van der Waals surface area contributed by atoms with E-state index in [0.29, 0.717) is 11.4 Å². The molecule has 0 saturated heterocycles. The van der Waals surface area contributed by atoms with Crippen molar-refractivity contribution in [3.05, 3.63) is 65.7 Å². The van der Waals surface area contributed by atoms with Crippen LogP contribution in [0.5, 0.6) is 5.75 Å². The predicted molar refractivity (Wildman–Crippen MR) is 79.9 cm³/mol. The van der Waals surface area contributed by atoms with Gasteiger partial charge in [-0.3, -0.25) is 9.78 Å². The Bertz CT molecular complexity index is 692. The number of anilines is 1. The molecule has 2 aromatic rings. The maximum Gasteiger partial charge on any atom is 0.157 e. The van der Waals surface area contributed by atoms with Gasteiger partial charge in [0, 0.05) is 17.5 Å². The number of aromatic nitrogens is 1. The number of nitrogens with zero attached hydrogens (tertiary/aromatic N) is 1. The Morgan fingerprint density at radius 1 is 1.14 bits per heavy atom. The molecule has 22 heavy (non-hydrogen) atoms. The standard InChI is InChI=1S/C17H18N2O3/c1-11(20)16(12(2)21)17(14-8-5-6-10-18-14)19-13-7-3-4-9-15(13)22/h3-10,17,19-20,22H,1-2H3/p-2. The highest BCUT2D eigenvalue weighted by Gasteiger charge is 2.21. The highest BCUT2D eigenvalue weighted by molar-refractivity contribution is 5.95. The first-order chi connectivity index (χ1) is 10.5. The van der Waals surface area contributed by atoms with Crippen molar-refractivity contribution in [1.82, 2.24) is 4.98 Å². The van der Waals surface area contributed by atoms with Gasteiger partial charge in [-0.2, -0.15) is 0 Å². The van der Waals surface area contributed by atoms with Crippen LogP contribution < -0.4 is 15.5 Å². The number of carbonyl (C=O) groups is 1. The van der Waals surface area contributed by atoms with Crippen LogP contribution in [0.2, 0.25) is 0 Å². The number of hydrogen-bond acceptors (Lipinski definition) is 5. The van der Waals surface area contributed by atoms with E-state index in [2.05, 4.69) is 10.3 Å². The van der Waals surface area contributed by atoms with E-state index in [4.69, 9.17) is 0 Å². The Morgan fingerprint density at radius 2 is 1.82 bits per heavy atom. The third-order valence-corrected chi connectivity index (χ3v) is 3.22. The van der Waals surface area contributed by atoms with Gasteiger partial charge in [-0.1, -0.05) is 36.9 Å². The number of rotatable bonds is 5. The second-order valence-electron chi connectivity index (χ2n) is 4.85. The third-order valence-electron chi connectivity index (χ3n) is 3.22. The normalized spacial score (nSPS) is 13.2. The molecular formula is C17H16N2O3-2. The molecule has 1 unspecified atom stereocenters. The average molecular weight is 296 g/mol. The van der Waals surface area contributed by atoms with Crippen LogP contribution in [0, 0.1) is 0 Å². The summed E-state index contributed by atoms with van der Waals surface area (Å²) in [4.78, 5) is 16.1. The molecule has 0 aliphatic heterocycles. The maximum absolute atomic E-state index is 11.9. The molecule has 1 atom stereocenters. The van der Waals surface area contributed by atoms with E-state index in [0.717, 1.165) is 0 Å². The first-order valence-electron chi connectivity index (χ1n) is 6.83. The number of pyridine rings is 1. The number of Topliss-reactive ketones (excluding diaryl/α,β-unsaturated/α-hetero) is 1. The van der Waals surface area contributed by atoms with Crippen LogP contribution >= 0.6 is 0 Å². The number of ketones is 1. The summed E-state index contributed by atoms with van der Waals surface area (Å²) >= 11 is 0. The summed E-state index contributed by atoms with van der Waals surface area (Å²) in [5.74, 6) is -0.909. The number of para-hydroxylation sites is 2. The van der Waals surface area contributed by atoms with Gasteiger partial charge in [0.1, 0.15) is 0 Å². The highest BCUT2D eigenvalue weighted by Crippen LogP contribution is 2.30. The van der Waals surface area contributed by atoms with E-state index in [9.17, 15) is 15.0 Å². The van der Waals surface area contributed by atoms with Crippen molar-refractivity contribution >= 4 is 11.5 Å². The number of allylic oxidation sites excluding steroid dienone is 1. The Balaban J connectivity index is 2.50. The van der Waals surface area contributed by atoms with Crippen molar-refractivity contribution in [2.45, 2.75) is 19.9 Å². The second-order valence-corrected chi connectivity index (χ2v) is 4.85. The Kier molecular flexibility index (Phi) is 4.78. The molecule has 0 aliphatic rings. The fourth-order valence-electron chi connectivity index (χ4n) is 2.24. The van der Waals surface area contributed by atoms with Gasteiger partial charge in [0.25, 0.3) is 0 Å². The van der Waals surface area contributed by atoms with Gasteiger partial charge >= 0.3 is 0 Å². The fourth-order valence-corrected chi connectivity index (χ4v) is 2.24. The number of nitrogens with one attached hydrogen (secondary N) is 1. The predicted octanol–water partition coefficient (Wildman–Crippen LogP) is 1.53. The number of carbonyl (C=O) groups excluding carboxylic acids is 1. The highest BCUT2D eigenvalue weighted by atomic mass is 16.3. The smallest absolute Gasteiger partial charge is 0.157 e. The lowest BCUT2D eigenvalue weighted by molar-refractivity contribution is -0.303. The third kappa shape index (κ3) is 3.44. The monoisotopic (exact) mass is 296 g/mol. The van der Waals surface area contributed by atoms with E-state index in [1.54, 1.807) is 42.6 Å². The minimum Gasteiger partial charge on any atom is -0.875 e. The first-order valence-corrected chi connectivity index (χ1v) is 6.83. The zero-order chi connectivity index (χ0) is 16.1. The second kappa shape index (κ2) is 6.76. The van der Waals surface area contributed by atoms with Crippen LogP contribution in [0.15, 0.2) is 60.0 Å². The van der Waals surface area contributed by atoms with E-state index >= 15 is 0 Å². The minimum absolute atomic E-state index is 0.0713. The van der Waals surface area contributed by atoms with Crippen LogP contribution in [0.1, 0.15) is 25.6 Å². The van der Waals surface area contributed by atoms with Crippen molar-refractivity contribution in [3.63, 3.8) is 0 Å². The zero-order valence-electron chi connectivity index (χ0n) is 12.4. The summed E-state index contributed by atoms with van der Waals surface area (Å²) in [6.07, 6.45) is 1.57. The lowest BCUT2D eigenvalue weighted by Crippen LogP contribution is -2.23. The van der Waals surface area contributed by atoms with Gasteiger partial charge in [0.15, 0.2) is 5.78 Å². The lowest BCUT2D eigenvalue weighted by atomic mass is 9.98. The summed E-state index contributed by atoms with van der Waals surface area (Å²) in [6, 6.07) is 10.8. The summed E-state index contributed by atoms with van der Waals surface area (Å²) < 4.78 is 0. The molecule has 1 aromatic carbocycles. The molecule has 0 fully saturated rings. The van der Waals surface area contributed by atoms with E-state index < -0.39 is 6.04 Å². The first kappa shape index (κ1) is 15.6. The molecule has 0 spiro atoms. The maximum atomic E-state index is 11.9. The molecule has 114 valence electrons. The van der Waals surface area contributed by atoms with Crippen molar-refractivity contribution in [2.75, 3.05) is 5.32 Å². The fraction of sp³-hybridized carbons (Fsp3) is 0.176. The SMILES string of the molecule is CC(=O)C(=C(C)[O-])C(Nc1ccccc1[O-])c1ccccn1. The molecule has 0 saturated carbocycles. The molecule has 1 heterocycles. The molecule has 0 radical (unpaired) electrons. The van der Waals surface area contributed by atoms with Crippen molar-refractivity contribution < 1.29 is 15.0 Å². The molecule has 0 amide bonds. The van der Waals surface area contributed by atoms with Gasteiger partial charge in [-0.05, 0) is 25.1 Å². The van der Waals surface area contributed by atoms with Gasteiger partial charge in [0.05, 0.1) is 11.7 Å². The van der Waals surface area contributed by atoms with Crippen LogP contribution in [0.4, 0.5) is 5.69 Å². The molecule has 5 heteroatoms. The molecule has 1 aromatic heterocycles.